The molecule has 0 radical (unpaired) electrons. The maximum absolute atomic E-state index is 12.3. The number of nitro groups is 1. The second kappa shape index (κ2) is 11.9. The van der Waals surface area contributed by atoms with Crippen molar-refractivity contribution in [2.24, 2.45) is 0 Å². The third-order valence-electron chi connectivity index (χ3n) is 4.34. The van der Waals surface area contributed by atoms with Gasteiger partial charge >= 0.3 is 0 Å². The molecule has 0 spiro atoms. The Balaban J connectivity index is 1.39. The maximum atomic E-state index is 12.3. The van der Waals surface area contributed by atoms with Gasteiger partial charge in [-0.2, -0.15) is 0 Å². The van der Waals surface area contributed by atoms with Crippen LogP contribution in [-0.4, -0.2) is 35.1 Å². The summed E-state index contributed by atoms with van der Waals surface area (Å²) >= 11 is 5.00. The molecule has 2 amide bonds. The standard InChI is InChI=1S/C23H20N4O6S/c28-21(24-23(34)26-25-22(29)17-6-10-18(11-7-17)27(30)31)16-8-12-20(13-9-16)33-15-14-32-19-4-2-1-3-5-19/h1-13H,14-15H2,(H,25,29)(H2,24,26,28,34). The molecule has 0 fully saturated rings. The second-order valence-corrected chi connectivity index (χ2v) is 7.11. The van der Waals surface area contributed by atoms with Gasteiger partial charge in [0.15, 0.2) is 5.11 Å². The Morgan fingerprint density at radius 2 is 1.29 bits per heavy atom. The molecular weight excluding hydrogens is 460 g/mol. The van der Waals surface area contributed by atoms with Crippen molar-refractivity contribution in [3.8, 4) is 11.5 Å². The summed E-state index contributed by atoms with van der Waals surface area (Å²) in [6.07, 6.45) is 0. The average molecular weight is 481 g/mol. The first kappa shape index (κ1) is 24.1. The van der Waals surface area contributed by atoms with Crippen LogP contribution in [-0.2, 0) is 0 Å². The number of hydrazine groups is 1. The fourth-order valence-corrected chi connectivity index (χ4v) is 2.81. The molecule has 0 atom stereocenters. The molecule has 11 heteroatoms. The zero-order chi connectivity index (χ0) is 24.3. The largest absolute Gasteiger partial charge is 0.490 e. The minimum absolute atomic E-state index is 0.126. The van der Waals surface area contributed by atoms with Gasteiger partial charge in [-0.05, 0) is 60.7 Å². The van der Waals surface area contributed by atoms with Gasteiger partial charge in [-0.25, -0.2) is 0 Å². The quantitative estimate of drug-likeness (QED) is 0.194. The number of benzene rings is 3. The van der Waals surface area contributed by atoms with Crippen molar-refractivity contribution >= 4 is 34.8 Å². The number of ether oxygens (including phenoxy) is 2. The van der Waals surface area contributed by atoms with Crippen molar-refractivity contribution in [3.63, 3.8) is 0 Å². The molecule has 3 aromatic rings. The number of nitrogens with zero attached hydrogens (tertiary/aromatic N) is 1. The van der Waals surface area contributed by atoms with E-state index < -0.39 is 16.7 Å². The Hall–Kier alpha value is -4.51. The number of para-hydroxylation sites is 1. The zero-order valence-electron chi connectivity index (χ0n) is 17.7. The highest BCUT2D eigenvalue weighted by molar-refractivity contribution is 7.80. The van der Waals surface area contributed by atoms with Gasteiger partial charge in [-0.15, -0.1) is 0 Å². The molecular formula is C23H20N4O6S. The molecule has 34 heavy (non-hydrogen) atoms. The van der Waals surface area contributed by atoms with Crippen LogP contribution in [0.2, 0.25) is 0 Å². The predicted molar refractivity (Wildman–Crippen MR) is 128 cm³/mol. The van der Waals surface area contributed by atoms with E-state index in [1.54, 1.807) is 24.3 Å². The first-order chi connectivity index (χ1) is 16.4. The Bertz CT molecular complexity index is 1150. The minimum Gasteiger partial charge on any atom is -0.490 e. The summed E-state index contributed by atoms with van der Waals surface area (Å²) in [5.41, 5.74) is 5.09. The number of non-ortho nitro benzene ring substituents is 1. The lowest BCUT2D eigenvalue weighted by Crippen LogP contribution is -2.48. The third-order valence-corrected chi connectivity index (χ3v) is 4.54. The molecule has 0 saturated carbocycles. The lowest BCUT2D eigenvalue weighted by molar-refractivity contribution is -0.384. The summed E-state index contributed by atoms with van der Waals surface area (Å²) in [6.45, 7) is 0.709. The number of amides is 2. The van der Waals surface area contributed by atoms with E-state index in [0.717, 1.165) is 5.75 Å². The first-order valence-corrected chi connectivity index (χ1v) is 10.4. The van der Waals surface area contributed by atoms with Gasteiger partial charge in [0.1, 0.15) is 24.7 Å². The van der Waals surface area contributed by atoms with Crippen LogP contribution < -0.4 is 25.6 Å². The van der Waals surface area contributed by atoms with Crippen molar-refractivity contribution in [1.29, 1.82) is 0 Å². The first-order valence-electron chi connectivity index (χ1n) is 9.99. The number of rotatable bonds is 8. The Kier molecular flexibility index (Phi) is 8.47. The summed E-state index contributed by atoms with van der Waals surface area (Å²) < 4.78 is 11.1. The van der Waals surface area contributed by atoms with Crippen LogP contribution in [0.4, 0.5) is 5.69 Å². The highest BCUT2D eigenvalue weighted by Gasteiger charge is 2.11. The number of nitrogens with one attached hydrogen (secondary N) is 3. The number of hydrogen-bond donors (Lipinski definition) is 3. The monoisotopic (exact) mass is 480 g/mol. The van der Waals surface area contributed by atoms with Crippen LogP contribution in [0.15, 0.2) is 78.9 Å². The topological polar surface area (TPSA) is 132 Å². The van der Waals surface area contributed by atoms with Crippen LogP contribution in [0.1, 0.15) is 20.7 Å². The molecule has 0 heterocycles. The maximum Gasteiger partial charge on any atom is 0.269 e. The van der Waals surface area contributed by atoms with Gasteiger partial charge in [-0.1, -0.05) is 18.2 Å². The van der Waals surface area contributed by atoms with E-state index in [0.29, 0.717) is 24.5 Å². The molecule has 10 nitrogen and oxygen atoms in total. The van der Waals surface area contributed by atoms with E-state index in [2.05, 4.69) is 16.2 Å². The van der Waals surface area contributed by atoms with E-state index in [1.807, 2.05) is 30.3 Å². The second-order valence-electron chi connectivity index (χ2n) is 6.70. The van der Waals surface area contributed by atoms with Crippen LogP contribution in [0.3, 0.4) is 0 Å². The van der Waals surface area contributed by atoms with Crippen molar-refractivity contribution < 1.29 is 24.0 Å². The number of nitro benzene ring substituents is 1. The lowest BCUT2D eigenvalue weighted by Gasteiger charge is -2.11. The molecule has 174 valence electrons. The van der Waals surface area contributed by atoms with E-state index in [4.69, 9.17) is 21.7 Å². The summed E-state index contributed by atoms with van der Waals surface area (Å²) in [6, 6.07) is 20.8. The van der Waals surface area contributed by atoms with Gasteiger partial charge in [0.25, 0.3) is 17.5 Å². The van der Waals surface area contributed by atoms with Crippen LogP contribution in [0, 0.1) is 10.1 Å². The zero-order valence-corrected chi connectivity index (χ0v) is 18.5. The molecule has 3 rings (SSSR count). The van der Waals surface area contributed by atoms with Crippen LogP contribution >= 0.6 is 12.2 Å². The summed E-state index contributed by atoms with van der Waals surface area (Å²) in [7, 11) is 0. The number of carbonyl (C=O) groups excluding carboxylic acids is 2. The van der Waals surface area contributed by atoms with Crippen molar-refractivity contribution in [1.82, 2.24) is 16.2 Å². The molecule has 0 aliphatic carbocycles. The fourth-order valence-electron chi connectivity index (χ4n) is 2.67. The van der Waals surface area contributed by atoms with E-state index in [-0.39, 0.29) is 16.4 Å². The van der Waals surface area contributed by atoms with E-state index >= 15 is 0 Å². The van der Waals surface area contributed by atoms with Gasteiger partial charge < -0.3 is 9.47 Å². The molecule has 0 saturated heterocycles. The Morgan fingerprint density at radius 3 is 1.88 bits per heavy atom. The number of hydrogen-bond acceptors (Lipinski definition) is 7. The third kappa shape index (κ3) is 7.28. The Morgan fingerprint density at radius 1 is 0.765 bits per heavy atom. The van der Waals surface area contributed by atoms with Gasteiger partial charge in [0.2, 0.25) is 0 Å². The summed E-state index contributed by atoms with van der Waals surface area (Å²) in [4.78, 5) is 34.5. The van der Waals surface area contributed by atoms with Gasteiger partial charge in [0, 0.05) is 23.3 Å². The van der Waals surface area contributed by atoms with Crippen molar-refractivity contribution in [3.05, 3.63) is 100 Å². The van der Waals surface area contributed by atoms with Crippen molar-refractivity contribution in [2.45, 2.75) is 0 Å². The lowest BCUT2D eigenvalue weighted by atomic mass is 10.2. The highest BCUT2D eigenvalue weighted by atomic mass is 32.1. The normalized spacial score (nSPS) is 10.0. The molecule has 0 bridgehead atoms. The highest BCUT2D eigenvalue weighted by Crippen LogP contribution is 2.13. The Labute approximate surface area is 200 Å². The number of thiocarbonyl (C=S) groups is 1. The van der Waals surface area contributed by atoms with Gasteiger partial charge in [-0.3, -0.25) is 35.9 Å². The minimum atomic E-state index is -0.579. The van der Waals surface area contributed by atoms with Crippen LogP contribution in [0.25, 0.3) is 0 Å². The number of carbonyl (C=O) groups is 2. The van der Waals surface area contributed by atoms with Crippen LogP contribution in [0.5, 0.6) is 11.5 Å². The van der Waals surface area contributed by atoms with Gasteiger partial charge in [0.05, 0.1) is 4.92 Å². The summed E-state index contributed by atoms with van der Waals surface area (Å²) in [5, 5.41) is 13.0. The summed E-state index contributed by atoms with van der Waals surface area (Å²) in [5.74, 6) is 0.265. The smallest absolute Gasteiger partial charge is 0.269 e. The predicted octanol–water partition coefficient (Wildman–Crippen LogP) is 3.00. The SMILES string of the molecule is O=C(NNC(=S)NC(=O)c1ccc(OCCOc2ccccc2)cc1)c1ccc([N+](=O)[O-])cc1. The fraction of sp³-hybridized carbons (Fsp3) is 0.0870. The molecule has 0 aromatic heterocycles. The van der Waals surface area contributed by atoms with E-state index in [9.17, 15) is 19.7 Å². The molecule has 0 aliphatic rings. The molecule has 3 N–H and O–H groups in total. The van der Waals surface area contributed by atoms with E-state index in [1.165, 1.54) is 24.3 Å². The molecule has 0 aliphatic heterocycles. The molecule has 0 unspecified atom stereocenters. The van der Waals surface area contributed by atoms with Crippen molar-refractivity contribution in [2.75, 3.05) is 13.2 Å². The molecule has 3 aromatic carbocycles. The average Bonchev–Trinajstić information content (AvgIpc) is 2.86.